The standard InChI is InChI=1S/C15H21N3O2S/c1-11-5-12(2)7-14(6-11)18(4)21(19,20)15-8-13(9-16-3)17-10-15/h5-8,10,16-17H,9H2,1-4H3. The maximum atomic E-state index is 12.7. The molecule has 0 spiro atoms. The molecule has 2 rings (SSSR count). The molecule has 21 heavy (non-hydrogen) atoms. The molecule has 1 heterocycles. The number of aryl methyl sites for hydroxylation is 2. The number of H-pyrrole nitrogens is 1. The first kappa shape index (κ1) is 15.6. The van der Waals surface area contributed by atoms with Gasteiger partial charge in [-0.15, -0.1) is 0 Å². The molecule has 0 atom stereocenters. The second-order valence-corrected chi connectivity index (χ2v) is 7.18. The Bertz CT molecular complexity index is 715. The average Bonchev–Trinajstić information content (AvgIpc) is 2.86. The number of hydrogen-bond acceptors (Lipinski definition) is 3. The number of rotatable bonds is 5. The number of anilines is 1. The lowest BCUT2D eigenvalue weighted by Gasteiger charge is -2.19. The predicted molar refractivity (Wildman–Crippen MR) is 85.1 cm³/mol. The van der Waals surface area contributed by atoms with Crippen molar-refractivity contribution in [2.24, 2.45) is 0 Å². The van der Waals surface area contributed by atoms with Gasteiger partial charge in [0, 0.05) is 25.5 Å². The number of nitrogens with zero attached hydrogens (tertiary/aromatic N) is 1. The Hall–Kier alpha value is -1.79. The van der Waals surface area contributed by atoms with Gasteiger partial charge in [0.25, 0.3) is 10.0 Å². The monoisotopic (exact) mass is 307 g/mol. The van der Waals surface area contributed by atoms with E-state index in [2.05, 4.69) is 10.3 Å². The van der Waals surface area contributed by atoms with Crippen LogP contribution in [-0.2, 0) is 16.6 Å². The summed E-state index contributed by atoms with van der Waals surface area (Å²) in [5.74, 6) is 0. The molecular formula is C15H21N3O2S. The van der Waals surface area contributed by atoms with Gasteiger partial charge in [0.15, 0.2) is 0 Å². The van der Waals surface area contributed by atoms with Crippen LogP contribution in [0.1, 0.15) is 16.8 Å². The van der Waals surface area contributed by atoms with E-state index < -0.39 is 10.0 Å². The lowest BCUT2D eigenvalue weighted by Crippen LogP contribution is -2.26. The van der Waals surface area contributed by atoms with Gasteiger partial charge in [-0.1, -0.05) is 6.07 Å². The Morgan fingerprint density at radius 2 is 1.76 bits per heavy atom. The van der Waals surface area contributed by atoms with Gasteiger partial charge in [0.1, 0.15) is 4.90 Å². The summed E-state index contributed by atoms with van der Waals surface area (Å²) in [5, 5.41) is 2.98. The van der Waals surface area contributed by atoms with Crippen molar-refractivity contribution < 1.29 is 8.42 Å². The van der Waals surface area contributed by atoms with Gasteiger partial charge in [-0.3, -0.25) is 4.31 Å². The molecule has 0 saturated carbocycles. The van der Waals surface area contributed by atoms with E-state index in [1.807, 2.05) is 39.1 Å². The second kappa shape index (κ2) is 5.91. The molecule has 114 valence electrons. The van der Waals surface area contributed by atoms with Gasteiger partial charge in [0.2, 0.25) is 0 Å². The van der Waals surface area contributed by atoms with E-state index in [1.165, 1.54) is 10.5 Å². The summed E-state index contributed by atoms with van der Waals surface area (Å²) >= 11 is 0. The van der Waals surface area contributed by atoms with Gasteiger partial charge in [-0.05, 0) is 50.2 Å². The highest BCUT2D eigenvalue weighted by atomic mass is 32.2. The van der Waals surface area contributed by atoms with E-state index in [0.29, 0.717) is 12.2 Å². The molecule has 1 aromatic heterocycles. The van der Waals surface area contributed by atoms with E-state index in [0.717, 1.165) is 16.8 Å². The third-order valence-electron chi connectivity index (χ3n) is 3.31. The van der Waals surface area contributed by atoms with Crippen molar-refractivity contribution in [3.05, 3.63) is 47.3 Å². The summed E-state index contributed by atoms with van der Waals surface area (Å²) < 4.78 is 26.6. The van der Waals surface area contributed by atoms with E-state index in [1.54, 1.807) is 13.1 Å². The lowest BCUT2D eigenvalue weighted by molar-refractivity contribution is 0.594. The minimum Gasteiger partial charge on any atom is -0.363 e. The summed E-state index contributed by atoms with van der Waals surface area (Å²) in [6.45, 7) is 4.51. The average molecular weight is 307 g/mol. The number of aromatic amines is 1. The number of hydrogen-bond donors (Lipinski definition) is 2. The molecule has 2 N–H and O–H groups in total. The fourth-order valence-electron chi connectivity index (χ4n) is 2.29. The second-order valence-electron chi connectivity index (χ2n) is 5.21. The molecular weight excluding hydrogens is 286 g/mol. The van der Waals surface area contributed by atoms with Crippen LogP contribution in [0.25, 0.3) is 0 Å². The Morgan fingerprint density at radius 3 is 2.33 bits per heavy atom. The first-order valence-electron chi connectivity index (χ1n) is 6.73. The number of aromatic nitrogens is 1. The predicted octanol–water partition coefficient (Wildman–Crippen LogP) is 2.18. The molecule has 2 aromatic rings. The van der Waals surface area contributed by atoms with Crippen LogP contribution in [0, 0.1) is 13.8 Å². The zero-order valence-electron chi connectivity index (χ0n) is 12.8. The number of sulfonamides is 1. The van der Waals surface area contributed by atoms with Gasteiger partial charge in [-0.2, -0.15) is 0 Å². The zero-order valence-corrected chi connectivity index (χ0v) is 13.6. The van der Waals surface area contributed by atoms with Gasteiger partial charge in [0.05, 0.1) is 5.69 Å². The molecule has 6 heteroatoms. The lowest BCUT2D eigenvalue weighted by atomic mass is 10.1. The Kier molecular flexibility index (Phi) is 4.39. The van der Waals surface area contributed by atoms with Crippen LogP contribution in [0.5, 0.6) is 0 Å². The fourth-order valence-corrected chi connectivity index (χ4v) is 3.49. The third-order valence-corrected chi connectivity index (χ3v) is 5.08. The number of benzene rings is 1. The summed E-state index contributed by atoms with van der Waals surface area (Å²) in [6.07, 6.45) is 1.53. The van der Waals surface area contributed by atoms with Crippen molar-refractivity contribution in [2.45, 2.75) is 25.3 Å². The molecule has 1 aromatic carbocycles. The quantitative estimate of drug-likeness (QED) is 0.890. The normalized spacial score (nSPS) is 11.6. The van der Waals surface area contributed by atoms with Crippen molar-refractivity contribution in [3.63, 3.8) is 0 Å². The molecule has 0 saturated heterocycles. The molecule has 0 radical (unpaired) electrons. The highest BCUT2D eigenvalue weighted by molar-refractivity contribution is 7.92. The molecule has 5 nitrogen and oxygen atoms in total. The largest absolute Gasteiger partial charge is 0.363 e. The SMILES string of the molecule is CNCc1cc(S(=O)(=O)N(C)c2cc(C)cc(C)c2)c[nH]1. The third kappa shape index (κ3) is 3.28. The fraction of sp³-hybridized carbons (Fsp3) is 0.333. The minimum atomic E-state index is -3.55. The highest BCUT2D eigenvalue weighted by Crippen LogP contribution is 2.24. The Balaban J connectivity index is 2.37. The van der Waals surface area contributed by atoms with Crippen LogP contribution in [0.4, 0.5) is 5.69 Å². The van der Waals surface area contributed by atoms with Crippen LogP contribution >= 0.6 is 0 Å². The van der Waals surface area contributed by atoms with Crippen molar-refractivity contribution in [1.29, 1.82) is 0 Å². The molecule has 0 aliphatic carbocycles. The molecule has 0 aliphatic heterocycles. The summed E-state index contributed by atoms with van der Waals surface area (Å²) in [5.41, 5.74) is 3.59. The molecule has 0 amide bonds. The van der Waals surface area contributed by atoms with Gasteiger partial charge >= 0.3 is 0 Å². The highest BCUT2D eigenvalue weighted by Gasteiger charge is 2.22. The van der Waals surface area contributed by atoms with E-state index in [-0.39, 0.29) is 4.90 Å². The Morgan fingerprint density at radius 1 is 1.14 bits per heavy atom. The molecule has 0 bridgehead atoms. The van der Waals surface area contributed by atoms with E-state index >= 15 is 0 Å². The number of nitrogens with one attached hydrogen (secondary N) is 2. The van der Waals surface area contributed by atoms with Gasteiger partial charge in [-0.25, -0.2) is 8.42 Å². The summed E-state index contributed by atoms with van der Waals surface area (Å²) in [7, 11) is -0.155. The maximum absolute atomic E-state index is 12.7. The van der Waals surface area contributed by atoms with Crippen LogP contribution in [-0.4, -0.2) is 27.5 Å². The van der Waals surface area contributed by atoms with E-state index in [9.17, 15) is 8.42 Å². The Labute approximate surface area is 126 Å². The van der Waals surface area contributed by atoms with Crippen molar-refractivity contribution >= 4 is 15.7 Å². The smallest absolute Gasteiger partial charge is 0.265 e. The first-order chi connectivity index (χ1) is 9.84. The zero-order chi connectivity index (χ0) is 15.6. The van der Waals surface area contributed by atoms with Crippen molar-refractivity contribution in [2.75, 3.05) is 18.4 Å². The molecule has 0 aliphatic rings. The van der Waals surface area contributed by atoms with Gasteiger partial charge < -0.3 is 10.3 Å². The topological polar surface area (TPSA) is 65.2 Å². The maximum Gasteiger partial charge on any atom is 0.265 e. The summed E-state index contributed by atoms with van der Waals surface area (Å²) in [4.78, 5) is 3.25. The minimum absolute atomic E-state index is 0.273. The van der Waals surface area contributed by atoms with Crippen molar-refractivity contribution in [1.82, 2.24) is 10.3 Å². The van der Waals surface area contributed by atoms with E-state index in [4.69, 9.17) is 0 Å². The molecule has 0 fully saturated rings. The first-order valence-corrected chi connectivity index (χ1v) is 8.17. The van der Waals surface area contributed by atoms with Crippen LogP contribution in [0.15, 0.2) is 35.4 Å². The summed E-state index contributed by atoms with van der Waals surface area (Å²) in [6, 6.07) is 7.41. The van der Waals surface area contributed by atoms with Crippen molar-refractivity contribution in [3.8, 4) is 0 Å². The van der Waals surface area contributed by atoms with Crippen LogP contribution in [0.2, 0.25) is 0 Å². The van der Waals surface area contributed by atoms with Crippen LogP contribution in [0.3, 0.4) is 0 Å². The van der Waals surface area contributed by atoms with Crippen LogP contribution < -0.4 is 9.62 Å². The molecule has 0 unspecified atom stereocenters.